The van der Waals surface area contributed by atoms with E-state index in [9.17, 15) is 4.79 Å². The molecular formula is C16H26N4O. The Bertz CT molecular complexity index is 472. The first-order valence-electron chi connectivity index (χ1n) is 8.20. The summed E-state index contributed by atoms with van der Waals surface area (Å²) in [5.74, 6) is 0.148. The lowest BCUT2D eigenvalue weighted by atomic mass is 9.87. The van der Waals surface area contributed by atoms with E-state index in [0.29, 0.717) is 5.41 Å². The number of rotatable bonds is 6. The highest BCUT2D eigenvalue weighted by atomic mass is 16.2. The van der Waals surface area contributed by atoms with Crippen LogP contribution < -0.4 is 10.6 Å². The van der Waals surface area contributed by atoms with E-state index >= 15 is 0 Å². The highest BCUT2D eigenvalue weighted by molar-refractivity contribution is 5.84. The molecule has 1 saturated heterocycles. The first-order chi connectivity index (χ1) is 10.2. The van der Waals surface area contributed by atoms with Gasteiger partial charge in [-0.05, 0) is 56.7 Å². The topological polar surface area (TPSA) is 59.0 Å². The standard InChI is InChI=1S/C16H26N4O/c1-2-4-15(5-6-15)13-18-14(21)16(7-10-17-11-8-16)20-12-3-9-19-20/h3,9,12,17H,2,4-8,10-11,13H2,1H3,(H,18,21). The molecule has 1 aliphatic carbocycles. The van der Waals surface area contributed by atoms with Crippen molar-refractivity contribution in [3.05, 3.63) is 18.5 Å². The molecule has 3 rings (SSSR count). The maximum atomic E-state index is 12.9. The van der Waals surface area contributed by atoms with E-state index in [0.717, 1.165) is 32.5 Å². The molecule has 116 valence electrons. The number of nitrogens with one attached hydrogen (secondary N) is 2. The molecule has 1 saturated carbocycles. The minimum Gasteiger partial charge on any atom is -0.353 e. The van der Waals surface area contributed by atoms with Gasteiger partial charge in [0, 0.05) is 18.9 Å². The SMILES string of the molecule is CCCC1(CNC(=O)C2(n3cccn3)CCNCC2)CC1. The summed E-state index contributed by atoms with van der Waals surface area (Å²) in [6, 6.07) is 1.90. The van der Waals surface area contributed by atoms with Crippen molar-refractivity contribution in [2.24, 2.45) is 5.41 Å². The van der Waals surface area contributed by atoms with Crippen LogP contribution >= 0.6 is 0 Å². The van der Waals surface area contributed by atoms with Crippen LogP contribution in [0, 0.1) is 5.41 Å². The second-order valence-corrected chi connectivity index (χ2v) is 6.66. The van der Waals surface area contributed by atoms with Gasteiger partial charge in [0.2, 0.25) is 5.91 Å². The number of hydrogen-bond donors (Lipinski definition) is 2. The van der Waals surface area contributed by atoms with Crippen molar-refractivity contribution < 1.29 is 4.79 Å². The quantitative estimate of drug-likeness (QED) is 0.837. The molecule has 0 bridgehead atoms. The smallest absolute Gasteiger partial charge is 0.248 e. The predicted molar refractivity (Wildman–Crippen MR) is 81.9 cm³/mol. The molecular weight excluding hydrogens is 264 g/mol. The van der Waals surface area contributed by atoms with Crippen LogP contribution in [0.2, 0.25) is 0 Å². The molecule has 1 aromatic rings. The molecule has 0 aromatic carbocycles. The zero-order valence-corrected chi connectivity index (χ0v) is 12.9. The fourth-order valence-corrected chi connectivity index (χ4v) is 3.58. The summed E-state index contributed by atoms with van der Waals surface area (Å²) >= 11 is 0. The largest absolute Gasteiger partial charge is 0.353 e. The van der Waals surface area contributed by atoms with Crippen molar-refractivity contribution in [1.29, 1.82) is 0 Å². The third-order valence-electron chi connectivity index (χ3n) is 5.16. The van der Waals surface area contributed by atoms with Crippen molar-refractivity contribution in [1.82, 2.24) is 20.4 Å². The van der Waals surface area contributed by atoms with Crippen LogP contribution in [0.25, 0.3) is 0 Å². The summed E-state index contributed by atoms with van der Waals surface area (Å²) < 4.78 is 1.86. The Balaban J connectivity index is 1.70. The number of hydrogen-bond acceptors (Lipinski definition) is 3. The van der Waals surface area contributed by atoms with Crippen molar-refractivity contribution in [2.75, 3.05) is 19.6 Å². The zero-order valence-electron chi connectivity index (χ0n) is 12.9. The second kappa shape index (κ2) is 5.79. The Morgan fingerprint density at radius 2 is 2.10 bits per heavy atom. The average Bonchev–Trinajstić information content (AvgIpc) is 3.05. The number of carbonyl (C=O) groups is 1. The minimum absolute atomic E-state index is 0.148. The molecule has 5 heteroatoms. The van der Waals surface area contributed by atoms with Gasteiger partial charge in [-0.15, -0.1) is 0 Å². The van der Waals surface area contributed by atoms with Gasteiger partial charge in [0.1, 0.15) is 5.54 Å². The summed E-state index contributed by atoms with van der Waals surface area (Å²) in [7, 11) is 0. The van der Waals surface area contributed by atoms with Crippen LogP contribution in [0.4, 0.5) is 0 Å². The number of carbonyl (C=O) groups excluding carboxylic acids is 1. The summed E-state index contributed by atoms with van der Waals surface area (Å²) in [6.45, 7) is 4.79. The Hall–Kier alpha value is -1.36. The van der Waals surface area contributed by atoms with Crippen LogP contribution in [0.1, 0.15) is 45.4 Å². The summed E-state index contributed by atoms with van der Waals surface area (Å²) in [6.07, 6.45) is 10.2. The predicted octanol–water partition coefficient (Wildman–Crippen LogP) is 1.66. The van der Waals surface area contributed by atoms with E-state index < -0.39 is 5.54 Å². The van der Waals surface area contributed by atoms with E-state index in [2.05, 4.69) is 22.7 Å². The van der Waals surface area contributed by atoms with Crippen LogP contribution in [0.5, 0.6) is 0 Å². The molecule has 2 N–H and O–H groups in total. The molecule has 0 spiro atoms. The Morgan fingerprint density at radius 1 is 1.33 bits per heavy atom. The zero-order chi connectivity index (χ0) is 14.8. The highest BCUT2D eigenvalue weighted by Crippen LogP contribution is 2.49. The van der Waals surface area contributed by atoms with Gasteiger partial charge in [0.15, 0.2) is 0 Å². The lowest BCUT2D eigenvalue weighted by Crippen LogP contribution is -2.55. The van der Waals surface area contributed by atoms with E-state index in [4.69, 9.17) is 0 Å². The van der Waals surface area contributed by atoms with E-state index in [1.165, 1.54) is 25.7 Å². The maximum Gasteiger partial charge on any atom is 0.248 e. The summed E-state index contributed by atoms with van der Waals surface area (Å²) in [5, 5.41) is 10.9. The first-order valence-corrected chi connectivity index (χ1v) is 8.20. The molecule has 1 amide bonds. The summed E-state index contributed by atoms with van der Waals surface area (Å²) in [4.78, 5) is 12.9. The van der Waals surface area contributed by atoms with Crippen molar-refractivity contribution in [3.63, 3.8) is 0 Å². The van der Waals surface area contributed by atoms with E-state index in [-0.39, 0.29) is 5.91 Å². The lowest BCUT2D eigenvalue weighted by Gasteiger charge is -2.36. The number of amides is 1. The third-order valence-corrected chi connectivity index (χ3v) is 5.16. The molecule has 0 unspecified atom stereocenters. The lowest BCUT2D eigenvalue weighted by molar-refractivity contribution is -0.132. The molecule has 2 heterocycles. The fraction of sp³-hybridized carbons (Fsp3) is 0.750. The van der Waals surface area contributed by atoms with Crippen LogP contribution in [0.15, 0.2) is 18.5 Å². The number of piperidine rings is 1. The Morgan fingerprint density at radius 3 is 2.67 bits per heavy atom. The van der Waals surface area contributed by atoms with Crippen molar-refractivity contribution in [3.8, 4) is 0 Å². The van der Waals surface area contributed by atoms with Gasteiger partial charge >= 0.3 is 0 Å². The third kappa shape index (κ3) is 2.84. The highest BCUT2D eigenvalue weighted by Gasteiger charge is 2.45. The maximum absolute atomic E-state index is 12.9. The Kier molecular flexibility index (Phi) is 4.02. The van der Waals surface area contributed by atoms with Gasteiger partial charge in [-0.1, -0.05) is 13.3 Å². The summed E-state index contributed by atoms with van der Waals surface area (Å²) in [5.41, 5.74) is -0.111. The van der Waals surface area contributed by atoms with Gasteiger partial charge in [0.05, 0.1) is 0 Å². The van der Waals surface area contributed by atoms with Gasteiger partial charge < -0.3 is 10.6 Å². The molecule has 21 heavy (non-hydrogen) atoms. The van der Waals surface area contributed by atoms with Gasteiger partial charge in [0.25, 0.3) is 0 Å². The number of nitrogens with zero attached hydrogens (tertiary/aromatic N) is 2. The van der Waals surface area contributed by atoms with Crippen LogP contribution in [-0.4, -0.2) is 35.3 Å². The van der Waals surface area contributed by atoms with Crippen molar-refractivity contribution >= 4 is 5.91 Å². The van der Waals surface area contributed by atoms with Gasteiger partial charge in [-0.2, -0.15) is 5.10 Å². The molecule has 5 nitrogen and oxygen atoms in total. The first kappa shape index (κ1) is 14.6. The molecule has 0 atom stereocenters. The van der Waals surface area contributed by atoms with E-state index in [1.54, 1.807) is 6.20 Å². The van der Waals surface area contributed by atoms with Crippen molar-refractivity contribution in [2.45, 2.75) is 51.0 Å². The Labute approximate surface area is 126 Å². The van der Waals surface area contributed by atoms with E-state index in [1.807, 2.05) is 16.9 Å². The molecule has 2 fully saturated rings. The van der Waals surface area contributed by atoms with Gasteiger partial charge in [-0.25, -0.2) is 0 Å². The number of aromatic nitrogens is 2. The fourth-order valence-electron chi connectivity index (χ4n) is 3.58. The minimum atomic E-state index is -0.503. The van der Waals surface area contributed by atoms with Crippen LogP contribution in [-0.2, 0) is 10.3 Å². The van der Waals surface area contributed by atoms with Gasteiger partial charge in [-0.3, -0.25) is 9.48 Å². The molecule has 1 aromatic heterocycles. The monoisotopic (exact) mass is 290 g/mol. The second-order valence-electron chi connectivity index (χ2n) is 6.66. The molecule has 1 aliphatic heterocycles. The molecule has 2 aliphatic rings. The van der Waals surface area contributed by atoms with Crippen LogP contribution in [0.3, 0.4) is 0 Å². The molecule has 0 radical (unpaired) electrons. The normalized spacial score (nSPS) is 22.7. The average molecular weight is 290 g/mol.